The van der Waals surface area contributed by atoms with Gasteiger partial charge in [0.15, 0.2) is 0 Å². The molecule has 2 saturated heterocycles. The number of likely N-dealkylation sites (tertiary alicyclic amines) is 2. The molecule has 0 spiro atoms. The first-order valence-electron chi connectivity index (χ1n) is 22.2. The van der Waals surface area contributed by atoms with Crippen molar-refractivity contribution in [2.75, 3.05) is 26.2 Å². The van der Waals surface area contributed by atoms with Crippen LogP contribution in [0.1, 0.15) is 83.1 Å². The highest BCUT2D eigenvalue weighted by atomic mass is 35.6. The van der Waals surface area contributed by atoms with Gasteiger partial charge in [-0.3, -0.25) is 9.80 Å². The molecular formula is C52H69ClN4O6Si2. The molecule has 4 atom stereocenters. The number of ether oxygens (including phenoxy) is 2. The predicted molar refractivity (Wildman–Crippen MR) is 268 cm³/mol. The second-order valence-electron chi connectivity index (χ2n) is 20.7. The molecule has 1 N–H and O–H groups in total. The van der Waals surface area contributed by atoms with Gasteiger partial charge in [-0.1, -0.05) is 163 Å². The number of benzene rings is 4. The van der Waals surface area contributed by atoms with Crippen LogP contribution in [0.15, 0.2) is 121 Å². The van der Waals surface area contributed by atoms with Crippen molar-refractivity contribution in [3.8, 4) is 0 Å². The minimum atomic E-state index is -2.81. The summed E-state index contributed by atoms with van der Waals surface area (Å²) in [6.07, 6.45) is -1.99. The Hall–Kier alpha value is -4.96. The van der Waals surface area contributed by atoms with Crippen molar-refractivity contribution in [1.29, 1.82) is 0 Å². The number of carbonyl (C=O) groups excluding carboxylic acids is 2. The van der Waals surface area contributed by atoms with Crippen molar-refractivity contribution in [3.05, 3.63) is 144 Å². The van der Waals surface area contributed by atoms with E-state index < -0.39 is 51.2 Å². The summed E-state index contributed by atoms with van der Waals surface area (Å²) in [6.45, 7) is 40.0. The Morgan fingerprint density at radius 1 is 0.554 bits per heavy atom. The normalized spacial score (nSPS) is 19.1. The number of hydrogen-bond acceptors (Lipinski definition) is 6. The topological polar surface area (TPSA) is 97.3 Å². The highest BCUT2D eigenvalue weighted by Crippen LogP contribution is 2.40. The van der Waals surface area contributed by atoms with E-state index >= 15 is 0 Å². The van der Waals surface area contributed by atoms with E-state index in [0.29, 0.717) is 13.1 Å². The molecule has 2 amide bonds. The van der Waals surface area contributed by atoms with Crippen LogP contribution in [0.25, 0.3) is 9.69 Å². The van der Waals surface area contributed by atoms with E-state index in [9.17, 15) is 14.7 Å². The Morgan fingerprint density at radius 2 is 0.892 bits per heavy atom. The zero-order chi connectivity index (χ0) is 48.4. The number of halogens is 1. The first-order chi connectivity index (χ1) is 30.3. The van der Waals surface area contributed by atoms with Gasteiger partial charge in [0.25, 0.3) is 20.4 Å². The number of aliphatic hydroxyl groups is 1. The lowest BCUT2D eigenvalue weighted by atomic mass is 10.2. The highest BCUT2D eigenvalue weighted by molar-refractivity contribution is 7.35. The van der Waals surface area contributed by atoms with E-state index in [-0.39, 0.29) is 35.4 Å². The van der Waals surface area contributed by atoms with Crippen molar-refractivity contribution < 1.29 is 28.6 Å². The molecule has 0 saturated carbocycles. The highest BCUT2D eigenvalue weighted by Gasteiger charge is 2.55. The number of aliphatic hydroxyl groups excluding tert-OH is 1. The van der Waals surface area contributed by atoms with Gasteiger partial charge in [0.05, 0.1) is 13.1 Å². The van der Waals surface area contributed by atoms with Crippen molar-refractivity contribution >= 4 is 59.7 Å². The maximum Gasteiger partial charge on any atom is 0.410 e. The third-order valence-corrected chi connectivity index (χ3v) is 23.6. The molecule has 6 rings (SSSR count). The molecule has 4 unspecified atom stereocenters. The number of rotatable bonds is 6. The summed E-state index contributed by atoms with van der Waals surface area (Å²) in [6, 6.07) is 40.9. The fourth-order valence-corrected chi connectivity index (χ4v) is 17.0. The largest absolute Gasteiger partial charge is 0.444 e. The molecule has 4 aromatic rings. The van der Waals surface area contributed by atoms with E-state index in [2.05, 4.69) is 124 Å². The van der Waals surface area contributed by atoms with Gasteiger partial charge in [-0.05, 0) is 72.4 Å². The van der Waals surface area contributed by atoms with Gasteiger partial charge in [-0.2, -0.15) is 11.1 Å². The minimum Gasteiger partial charge on any atom is -0.444 e. The molecule has 0 radical (unpaired) electrons. The summed E-state index contributed by atoms with van der Waals surface area (Å²) in [4.78, 5) is 34.4. The van der Waals surface area contributed by atoms with Crippen molar-refractivity contribution in [3.63, 3.8) is 0 Å². The molecule has 0 aromatic heterocycles. The quantitative estimate of drug-likeness (QED) is 0.118. The fourth-order valence-electron chi connectivity index (χ4n) is 8.13. The van der Waals surface area contributed by atoms with Crippen molar-refractivity contribution in [1.82, 2.24) is 9.80 Å². The molecule has 2 aliphatic rings. The minimum absolute atomic E-state index is 0.0667. The molecule has 2 heterocycles. The summed E-state index contributed by atoms with van der Waals surface area (Å²) in [7, 11) is -5.04. The number of carbonyl (C=O) groups is 2. The molecule has 2 aliphatic heterocycles. The Morgan fingerprint density at radius 3 is 1.20 bits per heavy atom. The summed E-state index contributed by atoms with van der Waals surface area (Å²) < 4.78 is 17.8. The second-order valence-corrected chi connectivity index (χ2v) is 30.6. The lowest BCUT2D eigenvalue weighted by Gasteiger charge is -2.44. The molecule has 2 fully saturated rings. The number of nitrogens with zero attached hydrogens (tertiary/aromatic N) is 4. The molecule has 4 aromatic carbocycles. The first-order valence-corrected chi connectivity index (χ1v) is 27.1. The summed E-state index contributed by atoms with van der Waals surface area (Å²) in [5.41, 5.74) is -1.13. The maximum atomic E-state index is 12.7. The molecule has 348 valence electrons. The monoisotopic (exact) mass is 936 g/mol. The molecule has 0 bridgehead atoms. The van der Waals surface area contributed by atoms with Crippen LogP contribution < -0.4 is 20.7 Å². The number of amides is 2. The smallest absolute Gasteiger partial charge is 0.410 e. The lowest BCUT2D eigenvalue weighted by Crippen LogP contribution is -2.68. The van der Waals surface area contributed by atoms with Crippen LogP contribution in [-0.4, -0.2) is 104 Å². The molecule has 13 heteroatoms. The van der Waals surface area contributed by atoms with Gasteiger partial charge in [-0.15, -0.1) is 0 Å². The lowest BCUT2D eigenvalue weighted by molar-refractivity contribution is 0.0262. The van der Waals surface area contributed by atoms with Gasteiger partial charge in [0.2, 0.25) is 7.38 Å². The Labute approximate surface area is 395 Å². The molecule has 10 nitrogen and oxygen atoms in total. The van der Waals surface area contributed by atoms with E-state index in [1.165, 1.54) is 15.3 Å². The van der Waals surface area contributed by atoms with Crippen LogP contribution >= 0.6 is 11.1 Å². The number of hydrogen-bond donors (Lipinski definition) is 1. The van der Waals surface area contributed by atoms with Crippen molar-refractivity contribution in [2.24, 2.45) is 0 Å². The summed E-state index contributed by atoms with van der Waals surface area (Å²) >= 11 is 7.21. The number of β-amino-alcohol motifs (C(OH)–C–C–N with tert-alkyl or cyclic N) is 1. The third-order valence-electron chi connectivity index (χ3n) is 11.3. The maximum absolute atomic E-state index is 12.7. The average Bonchev–Trinajstić information content (AvgIpc) is 3.85. The fraction of sp³-hybridized carbons (Fsp3) is 0.462. The first kappa shape index (κ1) is 52.7. The molecule has 0 aliphatic carbocycles. The predicted octanol–water partition coefficient (Wildman–Crippen LogP) is 9.14. The van der Waals surface area contributed by atoms with Gasteiger partial charge in [-0.25, -0.2) is 22.7 Å². The van der Waals surface area contributed by atoms with Crippen molar-refractivity contribution in [2.45, 2.75) is 129 Å². The summed E-state index contributed by atoms with van der Waals surface area (Å²) in [5, 5.41) is 14.2. The zero-order valence-corrected chi connectivity index (χ0v) is 43.1. The van der Waals surface area contributed by atoms with Crippen LogP contribution in [-0.2, 0) is 13.9 Å². The standard InChI is InChI=1S/C26H34N2O3Si.C16H19ClSi.C10H16N2O3/c1-25(2,3)30-24(29)28-18-22(27-7)23(19-28)31-32(26(4,5)6,20-14-10-8-11-15-20)21-16-12-9-13-17-21;1-16(2,3)18(17,14-10-6-4-7-11-14)15-12-8-5-9-13-15;1-10(2,3)15-9(14)12-5-7(11-4)8(13)6-12/h8-17,22-23H,18-19H2,1-6H3;4-13H,1-3H3;7-8,13H,5-6H2,1-3H3. The Kier molecular flexibility index (Phi) is 17.5. The van der Waals surface area contributed by atoms with Gasteiger partial charge < -0.3 is 28.7 Å². The SMILES string of the molecule is CC(C)(C)[Si](Cl)(c1ccccc1)c1ccccc1.[C-]#[N+]C1CN(C(=O)OC(C)(C)C)CC1O.[C-]#[N+]C1CN(C(=O)OC(C)(C)C)CC1O[Si](c1ccccc1)(c1ccccc1)C(C)(C)C. The van der Waals surface area contributed by atoms with Gasteiger partial charge in [0, 0.05) is 0 Å². The Balaban J connectivity index is 0.000000236. The van der Waals surface area contributed by atoms with Gasteiger partial charge >= 0.3 is 12.2 Å². The van der Waals surface area contributed by atoms with Crippen LogP contribution in [0.3, 0.4) is 0 Å². The average molecular weight is 938 g/mol. The third kappa shape index (κ3) is 13.3. The second kappa shape index (κ2) is 21.6. The van der Waals surface area contributed by atoms with E-state index in [1.807, 2.05) is 69.3 Å². The Bertz CT molecular complexity index is 2150. The molecule has 65 heavy (non-hydrogen) atoms. The summed E-state index contributed by atoms with van der Waals surface area (Å²) in [5.74, 6) is 0. The van der Waals surface area contributed by atoms with Crippen LogP contribution in [0.4, 0.5) is 9.59 Å². The molecular weight excluding hydrogens is 868 g/mol. The van der Waals surface area contributed by atoms with Crippen LogP contribution in [0.5, 0.6) is 0 Å². The van der Waals surface area contributed by atoms with E-state index in [1.54, 1.807) is 25.7 Å². The van der Waals surface area contributed by atoms with E-state index in [4.69, 9.17) is 38.1 Å². The van der Waals surface area contributed by atoms with Gasteiger partial charge in [0.1, 0.15) is 36.5 Å². The van der Waals surface area contributed by atoms with Crippen LogP contribution in [0.2, 0.25) is 10.1 Å². The zero-order valence-electron chi connectivity index (χ0n) is 40.3. The van der Waals surface area contributed by atoms with E-state index in [0.717, 1.165) is 10.4 Å². The van der Waals surface area contributed by atoms with Crippen LogP contribution in [0, 0.1) is 13.1 Å².